The van der Waals surface area contributed by atoms with Crippen molar-refractivity contribution in [3.8, 4) is 0 Å². The SMILES string of the molecule is CCOC(=O)CN(CC(F)(F)F)C(=O)/C=C/c1ccc(C(=O)NC2CC2)cc1. The second-order valence-corrected chi connectivity index (χ2v) is 6.32. The van der Waals surface area contributed by atoms with E-state index in [2.05, 4.69) is 10.1 Å². The summed E-state index contributed by atoms with van der Waals surface area (Å²) in [6.45, 7) is -0.836. The Morgan fingerprint density at radius 2 is 1.86 bits per heavy atom. The molecule has 0 unspecified atom stereocenters. The van der Waals surface area contributed by atoms with E-state index in [1.807, 2.05) is 0 Å². The van der Waals surface area contributed by atoms with Crippen LogP contribution in [0, 0.1) is 0 Å². The van der Waals surface area contributed by atoms with Gasteiger partial charge in [0.15, 0.2) is 0 Å². The number of alkyl halides is 3. The molecule has 1 N–H and O–H groups in total. The number of amides is 2. The first-order valence-corrected chi connectivity index (χ1v) is 8.78. The number of hydrogen-bond donors (Lipinski definition) is 1. The topological polar surface area (TPSA) is 75.7 Å². The van der Waals surface area contributed by atoms with Gasteiger partial charge in [-0.15, -0.1) is 0 Å². The number of nitrogens with one attached hydrogen (secondary N) is 1. The molecule has 1 aromatic carbocycles. The van der Waals surface area contributed by atoms with Gasteiger partial charge in [-0.2, -0.15) is 13.2 Å². The molecule has 28 heavy (non-hydrogen) atoms. The summed E-state index contributed by atoms with van der Waals surface area (Å²) in [6.07, 6.45) is -0.444. The molecule has 9 heteroatoms. The highest BCUT2D eigenvalue weighted by atomic mass is 19.4. The summed E-state index contributed by atoms with van der Waals surface area (Å²) in [7, 11) is 0. The zero-order valence-electron chi connectivity index (χ0n) is 15.3. The largest absolute Gasteiger partial charge is 0.465 e. The van der Waals surface area contributed by atoms with Gasteiger partial charge in [0.1, 0.15) is 13.1 Å². The molecular weight excluding hydrogens is 377 g/mol. The molecule has 1 aliphatic rings. The Morgan fingerprint density at radius 1 is 1.21 bits per heavy atom. The van der Waals surface area contributed by atoms with Crippen molar-refractivity contribution in [3.05, 3.63) is 41.5 Å². The lowest BCUT2D eigenvalue weighted by Crippen LogP contribution is -2.41. The van der Waals surface area contributed by atoms with Crippen molar-refractivity contribution >= 4 is 23.9 Å². The molecule has 2 rings (SSSR count). The molecule has 0 atom stereocenters. The number of nitrogens with zero attached hydrogens (tertiary/aromatic N) is 1. The summed E-state index contributed by atoms with van der Waals surface area (Å²) in [4.78, 5) is 35.8. The van der Waals surface area contributed by atoms with Crippen molar-refractivity contribution in [1.29, 1.82) is 0 Å². The average Bonchev–Trinajstić information content (AvgIpc) is 3.42. The van der Waals surface area contributed by atoms with Gasteiger partial charge in [0, 0.05) is 17.7 Å². The normalized spacial score (nSPS) is 14.0. The third kappa shape index (κ3) is 7.42. The summed E-state index contributed by atoms with van der Waals surface area (Å²) < 4.78 is 42.6. The smallest absolute Gasteiger partial charge is 0.406 e. The molecular formula is C19H21F3N2O4. The third-order valence-corrected chi connectivity index (χ3v) is 3.81. The van der Waals surface area contributed by atoms with Crippen molar-refractivity contribution in [1.82, 2.24) is 10.2 Å². The molecule has 0 saturated heterocycles. The van der Waals surface area contributed by atoms with Gasteiger partial charge in [-0.1, -0.05) is 12.1 Å². The van der Waals surface area contributed by atoms with Crippen LogP contribution >= 0.6 is 0 Å². The maximum absolute atomic E-state index is 12.7. The van der Waals surface area contributed by atoms with Crippen LogP contribution in [0.15, 0.2) is 30.3 Å². The highest BCUT2D eigenvalue weighted by Gasteiger charge is 2.33. The standard InChI is InChI=1S/C19H21F3N2O4/c1-2-28-17(26)11-24(12-19(20,21)22)16(25)10-5-13-3-6-14(7-4-13)18(27)23-15-8-9-15/h3-7,10,15H,2,8-9,11-12H2,1H3,(H,23,27)/b10-5+. The van der Waals surface area contributed by atoms with Gasteiger partial charge in [-0.05, 0) is 43.5 Å². The van der Waals surface area contributed by atoms with E-state index in [-0.39, 0.29) is 18.6 Å². The molecule has 1 fully saturated rings. The van der Waals surface area contributed by atoms with E-state index in [9.17, 15) is 27.6 Å². The van der Waals surface area contributed by atoms with Crippen LogP contribution in [0.25, 0.3) is 6.08 Å². The molecule has 0 radical (unpaired) electrons. The van der Waals surface area contributed by atoms with Gasteiger partial charge < -0.3 is 15.0 Å². The highest BCUT2D eigenvalue weighted by Crippen LogP contribution is 2.20. The molecule has 152 valence electrons. The number of hydrogen-bond acceptors (Lipinski definition) is 4. The predicted molar refractivity (Wildman–Crippen MR) is 95.2 cm³/mol. The summed E-state index contributed by atoms with van der Waals surface area (Å²) >= 11 is 0. The van der Waals surface area contributed by atoms with Crippen molar-refractivity contribution in [2.24, 2.45) is 0 Å². The number of benzene rings is 1. The molecule has 0 aliphatic heterocycles. The lowest BCUT2D eigenvalue weighted by molar-refractivity contribution is -0.164. The predicted octanol–water partition coefficient (Wildman–Crippen LogP) is 2.55. The molecule has 0 bridgehead atoms. The Kier molecular flexibility index (Phi) is 7.19. The van der Waals surface area contributed by atoms with E-state index < -0.39 is 31.1 Å². The Morgan fingerprint density at radius 3 is 2.39 bits per heavy atom. The first-order valence-electron chi connectivity index (χ1n) is 8.78. The van der Waals surface area contributed by atoms with Crippen molar-refractivity contribution in [2.45, 2.75) is 32.0 Å². The van der Waals surface area contributed by atoms with Gasteiger partial charge >= 0.3 is 12.1 Å². The van der Waals surface area contributed by atoms with Crippen LogP contribution in [0.3, 0.4) is 0 Å². The lowest BCUT2D eigenvalue weighted by atomic mass is 10.1. The molecule has 1 aromatic rings. The van der Waals surface area contributed by atoms with Gasteiger partial charge in [-0.25, -0.2) is 0 Å². The van der Waals surface area contributed by atoms with Crippen LogP contribution < -0.4 is 5.32 Å². The molecule has 1 saturated carbocycles. The molecule has 0 heterocycles. The Hall–Kier alpha value is -2.84. The van der Waals surface area contributed by atoms with Gasteiger partial charge in [-0.3, -0.25) is 14.4 Å². The van der Waals surface area contributed by atoms with Crippen LogP contribution in [-0.4, -0.2) is 54.6 Å². The van der Waals surface area contributed by atoms with Crippen molar-refractivity contribution in [3.63, 3.8) is 0 Å². The molecule has 1 aliphatic carbocycles. The Bertz CT molecular complexity index is 741. The minimum absolute atomic E-state index is 0.00337. The number of ether oxygens (including phenoxy) is 1. The van der Waals surface area contributed by atoms with Crippen molar-refractivity contribution < 1.29 is 32.3 Å². The summed E-state index contributed by atoms with van der Waals surface area (Å²) in [5.74, 6) is -2.08. The van der Waals surface area contributed by atoms with E-state index in [1.54, 1.807) is 24.3 Å². The first kappa shape index (κ1) is 21.5. The second-order valence-electron chi connectivity index (χ2n) is 6.32. The third-order valence-electron chi connectivity index (χ3n) is 3.81. The van der Waals surface area contributed by atoms with Crippen LogP contribution in [0.2, 0.25) is 0 Å². The van der Waals surface area contributed by atoms with E-state index in [0.29, 0.717) is 16.0 Å². The fraction of sp³-hybridized carbons (Fsp3) is 0.421. The van der Waals surface area contributed by atoms with Crippen molar-refractivity contribution in [2.75, 3.05) is 19.7 Å². The minimum Gasteiger partial charge on any atom is -0.465 e. The molecule has 2 amide bonds. The van der Waals surface area contributed by atoms with E-state index in [4.69, 9.17) is 0 Å². The Balaban J connectivity index is 2.00. The quantitative estimate of drug-likeness (QED) is 0.539. The van der Waals surface area contributed by atoms with E-state index in [0.717, 1.165) is 18.9 Å². The fourth-order valence-electron chi connectivity index (χ4n) is 2.31. The van der Waals surface area contributed by atoms with Crippen LogP contribution in [0.1, 0.15) is 35.7 Å². The fourth-order valence-corrected chi connectivity index (χ4v) is 2.31. The zero-order chi connectivity index (χ0) is 20.7. The summed E-state index contributed by atoms with van der Waals surface area (Å²) in [5, 5.41) is 2.84. The maximum Gasteiger partial charge on any atom is 0.406 e. The number of esters is 1. The summed E-state index contributed by atoms with van der Waals surface area (Å²) in [6, 6.07) is 6.50. The van der Waals surface area contributed by atoms with Gasteiger partial charge in [0.05, 0.1) is 6.61 Å². The van der Waals surface area contributed by atoms with Crippen LogP contribution in [-0.2, 0) is 14.3 Å². The zero-order valence-corrected chi connectivity index (χ0v) is 15.3. The average molecular weight is 398 g/mol. The minimum atomic E-state index is -4.65. The van der Waals surface area contributed by atoms with Crippen LogP contribution in [0.5, 0.6) is 0 Å². The van der Waals surface area contributed by atoms with E-state index >= 15 is 0 Å². The number of carbonyl (C=O) groups excluding carboxylic acids is 3. The second kappa shape index (κ2) is 9.38. The number of halogens is 3. The number of rotatable bonds is 8. The summed E-state index contributed by atoms with van der Waals surface area (Å²) in [5.41, 5.74) is 0.982. The first-order chi connectivity index (χ1) is 13.2. The monoisotopic (exact) mass is 398 g/mol. The van der Waals surface area contributed by atoms with Crippen LogP contribution in [0.4, 0.5) is 13.2 Å². The highest BCUT2D eigenvalue weighted by molar-refractivity contribution is 5.95. The van der Waals surface area contributed by atoms with E-state index in [1.165, 1.54) is 13.0 Å². The Labute approximate surface area is 160 Å². The van der Waals surface area contributed by atoms with Gasteiger partial charge in [0.2, 0.25) is 5.91 Å². The van der Waals surface area contributed by atoms with Gasteiger partial charge in [0.25, 0.3) is 5.91 Å². The molecule has 0 aromatic heterocycles. The lowest BCUT2D eigenvalue weighted by Gasteiger charge is -2.21. The maximum atomic E-state index is 12.7. The number of carbonyl (C=O) groups is 3. The molecule has 0 spiro atoms. The molecule has 6 nitrogen and oxygen atoms in total.